The fourth-order valence-corrected chi connectivity index (χ4v) is 3.72. The molecule has 1 aliphatic heterocycles. The van der Waals surface area contributed by atoms with Crippen LogP contribution in [-0.2, 0) is 6.42 Å². The van der Waals surface area contributed by atoms with Gasteiger partial charge in [-0.3, -0.25) is 0 Å². The van der Waals surface area contributed by atoms with Gasteiger partial charge in [-0.15, -0.1) is 0 Å². The Kier molecular flexibility index (Phi) is 3.20. The predicted octanol–water partition coefficient (Wildman–Crippen LogP) is 2.40. The lowest BCUT2D eigenvalue weighted by atomic mass is 9.93. The van der Waals surface area contributed by atoms with Gasteiger partial charge in [0.1, 0.15) is 0 Å². The van der Waals surface area contributed by atoms with Gasteiger partial charge in [0.05, 0.1) is 0 Å². The molecule has 0 spiro atoms. The van der Waals surface area contributed by atoms with Crippen molar-refractivity contribution in [3.63, 3.8) is 0 Å². The molecule has 0 bridgehead atoms. The normalized spacial score (nSPS) is 26.3. The van der Waals surface area contributed by atoms with Crippen LogP contribution in [0.4, 0.5) is 0 Å². The molecule has 2 aliphatic rings. The summed E-state index contributed by atoms with van der Waals surface area (Å²) in [6, 6.07) is 3.33. The Hall–Kier alpha value is -0.800. The van der Waals surface area contributed by atoms with Gasteiger partial charge in [-0.25, -0.2) is 0 Å². The first kappa shape index (κ1) is 12.2. The molecule has 2 N–H and O–H groups in total. The smallest absolute Gasteiger partial charge is 0.0360 e. The molecule has 3 nitrogen and oxygen atoms in total. The molecule has 1 aromatic heterocycles. The predicted molar refractivity (Wildman–Crippen MR) is 74.8 cm³/mol. The summed E-state index contributed by atoms with van der Waals surface area (Å²) >= 11 is 0. The number of aryl methyl sites for hydroxylation is 1. The van der Waals surface area contributed by atoms with Gasteiger partial charge in [0.25, 0.3) is 0 Å². The highest BCUT2D eigenvalue weighted by Gasteiger charge is 2.27. The van der Waals surface area contributed by atoms with Gasteiger partial charge < -0.3 is 15.2 Å². The Morgan fingerprint density at radius 2 is 1.94 bits per heavy atom. The maximum atomic E-state index is 6.26. The van der Waals surface area contributed by atoms with E-state index in [0.29, 0.717) is 6.04 Å². The second kappa shape index (κ2) is 4.71. The van der Waals surface area contributed by atoms with E-state index < -0.39 is 0 Å². The summed E-state index contributed by atoms with van der Waals surface area (Å²) in [4.78, 5) is 2.44. The van der Waals surface area contributed by atoms with Crippen molar-refractivity contribution in [2.45, 2.75) is 51.1 Å². The molecule has 0 radical (unpaired) electrons. The van der Waals surface area contributed by atoms with Gasteiger partial charge in [0.2, 0.25) is 0 Å². The first-order valence-electron chi connectivity index (χ1n) is 7.31. The molecule has 1 unspecified atom stereocenters. The molecule has 1 aromatic rings. The van der Waals surface area contributed by atoms with Crippen LogP contribution in [0.2, 0.25) is 0 Å². The van der Waals surface area contributed by atoms with Crippen LogP contribution >= 0.6 is 0 Å². The van der Waals surface area contributed by atoms with Crippen LogP contribution in [0.15, 0.2) is 6.07 Å². The summed E-state index contributed by atoms with van der Waals surface area (Å²) in [6.07, 6.45) is 6.21. The molecule has 1 atom stereocenters. The molecular formula is C15H25N3. The van der Waals surface area contributed by atoms with Crippen molar-refractivity contribution >= 4 is 0 Å². The highest BCUT2D eigenvalue weighted by Crippen LogP contribution is 2.35. The topological polar surface area (TPSA) is 34.2 Å². The zero-order chi connectivity index (χ0) is 12.7. The third-order valence-corrected chi connectivity index (χ3v) is 4.75. The third kappa shape index (κ3) is 1.99. The maximum Gasteiger partial charge on any atom is 0.0360 e. The highest BCUT2D eigenvalue weighted by atomic mass is 15.1. The van der Waals surface area contributed by atoms with Crippen molar-refractivity contribution in [2.75, 3.05) is 20.1 Å². The Bertz CT molecular complexity index is 427. The van der Waals surface area contributed by atoms with E-state index in [0.717, 1.165) is 6.42 Å². The van der Waals surface area contributed by atoms with E-state index in [4.69, 9.17) is 5.73 Å². The van der Waals surface area contributed by atoms with E-state index >= 15 is 0 Å². The van der Waals surface area contributed by atoms with Crippen molar-refractivity contribution in [3.8, 4) is 0 Å². The zero-order valence-electron chi connectivity index (χ0n) is 11.7. The number of nitrogens with zero attached hydrogens (tertiary/aromatic N) is 2. The number of likely N-dealkylation sites (tertiary alicyclic amines) is 1. The summed E-state index contributed by atoms with van der Waals surface area (Å²) in [5.74, 6) is 0. The largest absolute Gasteiger partial charge is 0.345 e. The second-order valence-electron chi connectivity index (χ2n) is 6.09. The third-order valence-electron chi connectivity index (χ3n) is 4.75. The van der Waals surface area contributed by atoms with Crippen LogP contribution in [0.1, 0.15) is 54.7 Å². The molecule has 3 rings (SSSR count). The maximum absolute atomic E-state index is 6.26. The van der Waals surface area contributed by atoms with E-state index in [1.807, 2.05) is 0 Å². The van der Waals surface area contributed by atoms with E-state index in [1.165, 1.54) is 50.0 Å². The van der Waals surface area contributed by atoms with Crippen molar-refractivity contribution in [1.82, 2.24) is 9.47 Å². The minimum Gasteiger partial charge on any atom is -0.345 e. The van der Waals surface area contributed by atoms with E-state index in [2.05, 4.69) is 29.5 Å². The Morgan fingerprint density at radius 3 is 2.67 bits per heavy atom. The Labute approximate surface area is 110 Å². The van der Waals surface area contributed by atoms with Gasteiger partial charge in [-0.2, -0.15) is 0 Å². The number of piperidine rings is 1. The van der Waals surface area contributed by atoms with Crippen LogP contribution in [0.3, 0.4) is 0 Å². The lowest BCUT2D eigenvalue weighted by molar-refractivity contribution is 0.217. The van der Waals surface area contributed by atoms with Crippen LogP contribution in [0, 0.1) is 6.92 Å². The van der Waals surface area contributed by atoms with Gasteiger partial charge in [-0.1, -0.05) is 0 Å². The summed E-state index contributed by atoms with van der Waals surface area (Å²) in [5, 5.41) is 0. The van der Waals surface area contributed by atoms with Gasteiger partial charge in [0, 0.05) is 23.5 Å². The minimum atomic E-state index is 0.278. The van der Waals surface area contributed by atoms with Crippen molar-refractivity contribution < 1.29 is 0 Å². The molecule has 100 valence electrons. The van der Waals surface area contributed by atoms with Crippen LogP contribution in [-0.4, -0.2) is 29.6 Å². The van der Waals surface area contributed by atoms with Crippen molar-refractivity contribution in [3.05, 3.63) is 23.0 Å². The van der Waals surface area contributed by atoms with E-state index in [1.54, 1.807) is 5.69 Å². The van der Waals surface area contributed by atoms with Crippen LogP contribution in [0.5, 0.6) is 0 Å². The SMILES string of the molecule is Cc1cc2c(n1C1CCN(C)CC1)CCCC2N. The Balaban J connectivity index is 1.92. The summed E-state index contributed by atoms with van der Waals surface area (Å²) in [6.45, 7) is 4.70. The lowest BCUT2D eigenvalue weighted by Crippen LogP contribution is -2.32. The molecule has 18 heavy (non-hydrogen) atoms. The van der Waals surface area contributed by atoms with Crippen LogP contribution < -0.4 is 5.73 Å². The van der Waals surface area contributed by atoms with Gasteiger partial charge in [0.15, 0.2) is 0 Å². The molecule has 1 saturated heterocycles. The minimum absolute atomic E-state index is 0.278. The second-order valence-corrected chi connectivity index (χ2v) is 6.09. The molecule has 1 aliphatic carbocycles. The fraction of sp³-hybridized carbons (Fsp3) is 0.733. The van der Waals surface area contributed by atoms with E-state index in [9.17, 15) is 0 Å². The summed E-state index contributed by atoms with van der Waals surface area (Å²) in [5.41, 5.74) is 10.7. The monoisotopic (exact) mass is 247 g/mol. The highest BCUT2D eigenvalue weighted by molar-refractivity contribution is 5.33. The number of aromatic nitrogens is 1. The molecule has 0 aromatic carbocycles. The van der Waals surface area contributed by atoms with Crippen molar-refractivity contribution in [1.29, 1.82) is 0 Å². The van der Waals surface area contributed by atoms with E-state index in [-0.39, 0.29) is 6.04 Å². The molecular weight excluding hydrogens is 222 g/mol. The van der Waals surface area contributed by atoms with Crippen molar-refractivity contribution in [2.24, 2.45) is 5.73 Å². The average molecular weight is 247 g/mol. The average Bonchev–Trinajstić information content (AvgIpc) is 2.69. The molecule has 1 fully saturated rings. The summed E-state index contributed by atoms with van der Waals surface area (Å²) < 4.78 is 2.61. The molecule has 3 heteroatoms. The lowest BCUT2D eigenvalue weighted by Gasteiger charge is -2.33. The fourth-order valence-electron chi connectivity index (χ4n) is 3.72. The van der Waals surface area contributed by atoms with Gasteiger partial charge >= 0.3 is 0 Å². The number of rotatable bonds is 1. The number of hydrogen-bond acceptors (Lipinski definition) is 2. The quantitative estimate of drug-likeness (QED) is 0.827. The number of hydrogen-bond donors (Lipinski definition) is 1. The van der Waals surface area contributed by atoms with Gasteiger partial charge in [-0.05, 0) is 70.8 Å². The first-order chi connectivity index (χ1) is 8.66. The molecule has 0 saturated carbocycles. The summed E-state index contributed by atoms with van der Waals surface area (Å²) in [7, 11) is 2.23. The zero-order valence-corrected chi connectivity index (χ0v) is 11.7. The van der Waals surface area contributed by atoms with Crippen LogP contribution in [0.25, 0.3) is 0 Å². The standard InChI is InChI=1S/C15H25N3/c1-11-10-13-14(16)4-3-5-15(13)18(11)12-6-8-17(2)9-7-12/h10,12,14H,3-9,16H2,1-2H3. The first-order valence-corrected chi connectivity index (χ1v) is 7.31. The number of nitrogens with two attached hydrogens (primary N) is 1. The Morgan fingerprint density at radius 1 is 1.22 bits per heavy atom. The number of fused-ring (bicyclic) bond motifs is 1. The molecule has 0 amide bonds. The molecule has 2 heterocycles.